The van der Waals surface area contributed by atoms with Gasteiger partial charge >= 0.3 is 0 Å². The van der Waals surface area contributed by atoms with E-state index >= 15 is 0 Å². The fourth-order valence-corrected chi connectivity index (χ4v) is 2.95. The van der Waals surface area contributed by atoms with Crippen LogP contribution in [0.5, 0.6) is 0 Å². The number of furan rings is 1. The maximum Gasteiger partial charge on any atom is 0.258 e. The highest BCUT2D eigenvalue weighted by Crippen LogP contribution is 2.23. The molecule has 0 aliphatic carbocycles. The van der Waals surface area contributed by atoms with Crippen LogP contribution in [0.25, 0.3) is 0 Å². The lowest BCUT2D eigenvalue weighted by molar-refractivity contribution is -0.126. The van der Waals surface area contributed by atoms with Gasteiger partial charge in [0.1, 0.15) is 17.6 Å². The molecule has 1 fully saturated rings. The molecule has 1 aromatic heterocycles. The van der Waals surface area contributed by atoms with Gasteiger partial charge in [0.25, 0.3) is 5.91 Å². The van der Waals surface area contributed by atoms with Crippen molar-refractivity contribution in [3.8, 4) is 0 Å². The van der Waals surface area contributed by atoms with Crippen LogP contribution in [-0.4, -0.2) is 35.8 Å². The highest BCUT2D eigenvalue weighted by atomic mass is 16.3. The number of amides is 2. The zero-order valence-electron chi connectivity index (χ0n) is 13.8. The molecule has 0 saturated carbocycles. The Kier molecular flexibility index (Phi) is 5.63. The number of nitrogens with one attached hydrogen (secondary N) is 1. The van der Waals surface area contributed by atoms with Crippen molar-refractivity contribution in [1.29, 1.82) is 0 Å². The molecule has 0 aromatic carbocycles. The lowest BCUT2D eigenvalue weighted by Crippen LogP contribution is -2.52. The normalized spacial score (nSPS) is 18.3. The number of hydrogen-bond acceptors (Lipinski definition) is 3. The lowest BCUT2D eigenvalue weighted by Gasteiger charge is -2.34. The van der Waals surface area contributed by atoms with Crippen molar-refractivity contribution in [3.63, 3.8) is 0 Å². The molecule has 0 bridgehead atoms. The molecule has 1 N–H and O–H groups in total. The van der Waals surface area contributed by atoms with E-state index in [1.807, 2.05) is 6.92 Å². The molecular formula is C17H26N2O3. The zero-order valence-corrected chi connectivity index (χ0v) is 13.8. The first-order chi connectivity index (χ1) is 10.5. The van der Waals surface area contributed by atoms with Crippen LogP contribution in [0.2, 0.25) is 0 Å². The first-order valence-electron chi connectivity index (χ1n) is 8.20. The standard InChI is InChI=1S/C17H26N2O3/c1-4-5-9-18-16(20)15-8-6-7-10-19(15)17(21)14-11-12(2)22-13(14)3/h11,15H,4-10H2,1-3H3,(H,18,20). The summed E-state index contributed by atoms with van der Waals surface area (Å²) >= 11 is 0. The molecule has 2 heterocycles. The summed E-state index contributed by atoms with van der Waals surface area (Å²) in [4.78, 5) is 26.9. The van der Waals surface area contributed by atoms with Gasteiger partial charge in [0.15, 0.2) is 0 Å². The van der Waals surface area contributed by atoms with Crippen LogP contribution in [0, 0.1) is 13.8 Å². The van der Waals surface area contributed by atoms with Gasteiger partial charge in [0, 0.05) is 13.1 Å². The lowest BCUT2D eigenvalue weighted by atomic mass is 10.00. The second-order valence-electron chi connectivity index (χ2n) is 5.98. The number of unbranched alkanes of at least 4 members (excludes halogenated alkanes) is 1. The number of nitrogens with zero attached hydrogens (tertiary/aromatic N) is 1. The maximum absolute atomic E-state index is 12.8. The molecule has 1 aliphatic rings. The molecule has 122 valence electrons. The molecular weight excluding hydrogens is 280 g/mol. The van der Waals surface area contributed by atoms with Gasteiger partial charge in [0.05, 0.1) is 5.56 Å². The van der Waals surface area contributed by atoms with Crippen molar-refractivity contribution < 1.29 is 14.0 Å². The van der Waals surface area contributed by atoms with Gasteiger partial charge < -0.3 is 14.6 Å². The monoisotopic (exact) mass is 306 g/mol. The summed E-state index contributed by atoms with van der Waals surface area (Å²) in [5.74, 6) is 1.23. The number of carbonyl (C=O) groups is 2. The van der Waals surface area contributed by atoms with Gasteiger partial charge in [-0.25, -0.2) is 0 Å². The van der Waals surface area contributed by atoms with Crippen LogP contribution >= 0.6 is 0 Å². The Bertz CT molecular complexity index is 536. The summed E-state index contributed by atoms with van der Waals surface area (Å²) in [6.45, 7) is 7.02. The van der Waals surface area contributed by atoms with Gasteiger partial charge in [-0.05, 0) is 45.6 Å². The first kappa shape index (κ1) is 16.6. The van der Waals surface area contributed by atoms with Gasteiger partial charge in [0.2, 0.25) is 5.91 Å². The number of hydrogen-bond donors (Lipinski definition) is 1. The van der Waals surface area contributed by atoms with E-state index in [1.54, 1.807) is 17.9 Å². The summed E-state index contributed by atoms with van der Waals surface area (Å²) < 4.78 is 5.45. The Morgan fingerprint density at radius 1 is 1.36 bits per heavy atom. The van der Waals surface area contributed by atoms with Crippen molar-refractivity contribution >= 4 is 11.8 Å². The number of likely N-dealkylation sites (tertiary alicyclic amines) is 1. The van der Waals surface area contributed by atoms with Gasteiger partial charge in [-0.1, -0.05) is 13.3 Å². The van der Waals surface area contributed by atoms with Crippen molar-refractivity contribution in [2.75, 3.05) is 13.1 Å². The molecule has 1 atom stereocenters. The average molecular weight is 306 g/mol. The fraction of sp³-hybridized carbons (Fsp3) is 0.647. The van der Waals surface area contributed by atoms with Gasteiger partial charge in [-0.2, -0.15) is 0 Å². The topological polar surface area (TPSA) is 62.6 Å². The summed E-state index contributed by atoms with van der Waals surface area (Å²) in [7, 11) is 0. The van der Waals surface area contributed by atoms with Crippen LogP contribution in [0.15, 0.2) is 10.5 Å². The van der Waals surface area contributed by atoms with Crippen molar-refractivity contribution in [3.05, 3.63) is 23.2 Å². The predicted octanol–water partition coefficient (Wildman–Crippen LogP) is 2.81. The number of rotatable bonds is 5. The molecule has 5 heteroatoms. The third-order valence-electron chi connectivity index (χ3n) is 4.17. The molecule has 0 spiro atoms. The summed E-state index contributed by atoms with van der Waals surface area (Å²) in [5.41, 5.74) is 0.575. The van der Waals surface area contributed by atoms with Crippen molar-refractivity contribution in [1.82, 2.24) is 10.2 Å². The molecule has 0 radical (unpaired) electrons. The van der Waals surface area contributed by atoms with Crippen LogP contribution in [0.1, 0.15) is 60.9 Å². The highest BCUT2D eigenvalue weighted by molar-refractivity contribution is 5.98. The first-order valence-corrected chi connectivity index (χ1v) is 8.20. The van der Waals surface area contributed by atoms with E-state index in [4.69, 9.17) is 4.42 Å². The van der Waals surface area contributed by atoms with E-state index in [-0.39, 0.29) is 17.9 Å². The minimum atomic E-state index is -0.354. The Morgan fingerprint density at radius 3 is 2.77 bits per heavy atom. The van der Waals surface area contributed by atoms with Gasteiger partial charge in [-0.15, -0.1) is 0 Å². The number of carbonyl (C=O) groups excluding carboxylic acids is 2. The summed E-state index contributed by atoms with van der Waals surface area (Å²) in [6.07, 6.45) is 4.67. The van der Waals surface area contributed by atoms with E-state index < -0.39 is 0 Å². The van der Waals surface area contributed by atoms with Gasteiger partial charge in [-0.3, -0.25) is 9.59 Å². The minimum Gasteiger partial charge on any atom is -0.466 e. The zero-order chi connectivity index (χ0) is 16.1. The molecule has 2 rings (SSSR count). The third-order valence-corrected chi connectivity index (χ3v) is 4.17. The second-order valence-corrected chi connectivity index (χ2v) is 5.98. The minimum absolute atomic E-state index is 0.0284. The largest absolute Gasteiger partial charge is 0.466 e. The van der Waals surface area contributed by atoms with E-state index in [9.17, 15) is 9.59 Å². The SMILES string of the molecule is CCCCNC(=O)C1CCCCN1C(=O)c1cc(C)oc1C. The van der Waals surface area contributed by atoms with E-state index in [0.29, 0.717) is 24.4 Å². The van der Waals surface area contributed by atoms with E-state index in [1.165, 1.54) is 0 Å². The second kappa shape index (κ2) is 7.47. The Hall–Kier alpha value is -1.78. The molecule has 1 aliphatic heterocycles. The molecule has 1 unspecified atom stereocenters. The molecule has 5 nitrogen and oxygen atoms in total. The Morgan fingerprint density at radius 2 is 2.14 bits per heavy atom. The Balaban J connectivity index is 2.10. The highest BCUT2D eigenvalue weighted by Gasteiger charge is 2.33. The average Bonchev–Trinajstić information content (AvgIpc) is 2.85. The molecule has 1 aromatic rings. The van der Waals surface area contributed by atoms with Crippen molar-refractivity contribution in [2.45, 2.75) is 58.9 Å². The third kappa shape index (κ3) is 3.70. The van der Waals surface area contributed by atoms with Crippen LogP contribution in [0.3, 0.4) is 0 Å². The molecule has 1 saturated heterocycles. The molecule has 2 amide bonds. The number of piperidine rings is 1. The predicted molar refractivity (Wildman–Crippen MR) is 84.8 cm³/mol. The smallest absolute Gasteiger partial charge is 0.258 e. The number of aryl methyl sites for hydroxylation is 2. The summed E-state index contributed by atoms with van der Waals surface area (Å²) in [5, 5.41) is 2.95. The van der Waals surface area contributed by atoms with Crippen LogP contribution < -0.4 is 5.32 Å². The Labute approximate surface area is 132 Å². The van der Waals surface area contributed by atoms with E-state index in [2.05, 4.69) is 12.2 Å². The van der Waals surface area contributed by atoms with Crippen molar-refractivity contribution in [2.24, 2.45) is 0 Å². The van der Waals surface area contributed by atoms with E-state index in [0.717, 1.165) is 37.9 Å². The van der Waals surface area contributed by atoms with Crippen LogP contribution in [0.4, 0.5) is 0 Å². The molecule has 22 heavy (non-hydrogen) atoms. The quantitative estimate of drug-likeness (QED) is 0.851. The summed E-state index contributed by atoms with van der Waals surface area (Å²) in [6, 6.07) is 1.41. The maximum atomic E-state index is 12.8. The fourth-order valence-electron chi connectivity index (χ4n) is 2.95. The van der Waals surface area contributed by atoms with Crippen LogP contribution in [-0.2, 0) is 4.79 Å².